The number of hydrogen-bond acceptors (Lipinski definition) is 4. The monoisotopic (exact) mass is 391 g/mol. The van der Waals surface area contributed by atoms with Crippen molar-refractivity contribution in [1.29, 1.82) is 5.41 Å². The van der Waals surface area contributed by atoms with E-state index in [0.29, 0.717) is 18.6 Å². The lowest BCUT2D eigenvalue weighted by atomic mass is 9.86. The van der Waals surface area contributed by atoms with E-state index >= 15 is 0 Å². The number of aryl methyl sites for hydroxylation is 1. The third-order valence-corrected chi connectivity index (χ3v) is 5.07. The van der Waals surface area contributed by atoms with Crippen LogP contribution in [0, 0.1) is 5.41 Å². The summed E-state index contributed by atoms with van der Waals surface area (Å²) in [6.07, 6.45) is 3.32. The van der Waals surface area contributed by atoms with Crippen LogP contribution in [0.2, 0.25) is 0 Å². The Morgan fingerprint density at radius 1 is 1.10 bits per heavy atom. The number of benzene rings is 2. The lowest BCUT2D eigenvalue weighted by molar-refractivity contribution is -0.122. The molecule has 1 N–H and O–H groups in total. The fourth-order valence-electron chi connectivity index (χ4n) is 3.27. The largest absolute Gasteiger partial charge is 0.497 e. The van der Waals surface area contributed by atoms with Crippen molar-refractivity contribution in [2.75, 3.05) is 7.11 Å². The summed E-state index contributed by atoms with van der Waals surface area (Å²) in [6, 6.07) is 15.6. The molecule has 0 aliphatic rings. The molecular weight excluding hydrogens is 362 g/mol. The van der Waals surface area contributed by atoms with Gasteiger partial charge in [0.2, 0.25) is 0 Å². The summed E-state index contributed by atoms with van der Waals surface area (Å²) in [6.45, 7) is 5.54. The van der Waals surface area contributed by atoms with Crippen LogP contribution in [-0.4, -0.2) is 24.4 Å². The molecule has 0 saturated carbocycles. The van der Waals surface area contributed by atoms with Crippen LogP contribution in [-0.2, 0) is 16.0 Å². The number of hydrogen-bond donors (Lipinski definition) is 1. The molecule has 4 heteroatoms. The van der Waals surface area contributed by atoms with Crippen molar-refractivity contribution in [2.24, 2.45) is 0 Å². The van der Waals surface area contributed by atoms with Gasteiger partial charge < -0.3 is 10.1 Å². The third-order valence-electron chi connectivity index (χ3n) is 5.07. The van der Waals surface area contributed by atoms with Gasteiger partial charge in [-0.15, -0.1) is 0 Å². The molecule has 0 aromatic heterocycles. The van der Waals surface area contributed by atoms with E-state index in [4.69, 9.17) is 10.1 Å². The van der Waals surface area contributed by atoms with Gasteiger partial charge in [0.05, 0.1) is 7.11 Å². The van der Waals surface area contributed by atoms with Crippen LogP contribution in [0.1, 0.15) is 55.2 Å². The maximum absolute atomic E-state index is 12.5. The minimum absolute atomic E-state index is 0.0242. The molecule has 2 aromatic rings. The zero-order chi connectivity index (χ0) is 21.2. The number of ether oxygens (including phenoxy) is 1. The topological polar surface area (TPSA) is 67.2 Å². The highest BCUT2D eigenvalue weighted by Gasteiger charge is 2.19. The van der Waals surface area contributed by atoms with Crippen molar-refractivity contribution in [3.8, 4) is 5.75 Å². The van der Waals surface area contributed by atoms with Crippen LogP contribution in [0.4, 0.5) is 0 Å². The van der Waals surface area contributed by atoms with Gasteiger partial charge in [-0.05, 0) is 59.7 Å². The summed E-state index contributed by atoms with van der Waals surface area (Å²) >= 11 is 0. The Morgan fingerprint density at radius 2 is 1.83 bits per heavy atom. The predicted molar refractivity (Wildman–Crippen MR) is 117 cm³/mol. The summed E-state index contributed by atoms with van der Waals surface area (Å²) in [5.41, 5.74) is 3.58. The number of nitrogens with one attached hydrogen (secondary N) is 1. The molecule has 29 heavy (non-hydrogen) atoms. The van der Waals surface area contributed by atoms with Gasteiger partial charge in [-0.2, -0.15) is 0 Å². The first kappa shape index (κ1) is 22.3. The Morgan fingerprint density at radius 3 is 2.45 bits per heavy atom. The highest BCUT2D eigenvalue weighted by Crippen LogP contribution is 2.28. The van der Waals surface area contributed by atoms with E-state index in [1.54, 1.807) is 7.11 Å². The first-order valence-corrected chi connectivity index (χ1v) is 9.94. The van der Waals surface area contributed by atoms with E-state index in [2.05, 4.69) is 19.6 Å². The first-order valence-electron chi connectivity index (χ1n) is 9.94. The van der Waals surface area contributed by atoms with E-state index in [0.717, 1.165) is 23.3 Å². The SMILES string of the molecule is C=CC(=O)CCC(=O)CC(CC(=N)c1cccc(CC)c1)c1ccc(OC)cc1. The number of carbonyl (C=O) groups is 2. The lowest BCUT2D eigenvalue weighted by Gasteiger charge is -2.18. The Labute approximate surface area is 173 Å². The zero-order valence-corrected chi connectivity index (χ0v) is 17.2. The first-order chi connectivity index (χ1) is 14.0. The van der Waals surface area contributed by atoms with Gasteiger partial charge in [-0.3, -0.25) is 9.59 Å². The maximum Gasteiger partial charge on any atom is 0.155 e. The van der Waals surface area contributed by atoms with Crippen molar-refractivity contribution in [3.05, 3.63) is 77.9 Å². The molecule has 0 spiro atoms. The fraction of sp³-hybridized carbons (Fsp3) is 0.320. The molecule has 1 atom stereocenters. The van der Waals surface area contributed by atoms with Gasteiger partial charge in [-0.1, -0.05) is 43.8 Å². The second-order valence-electron chi connectivity index (χ2n) is 7.12. The van der Waals surface area contributed by atoms with E-state index in [1.807, 2.05) is 42.5 Å². The molecule has 1 unspecified atom stereocenters. The van der Waals surface area contributed by atoms with Crippen LogP contribution in [0.3, 0.4) is 0 Å². The number of rotatable bonds is 12. The fourth-order valence-corrected chi connectivity index (χ4v) is 3.27. The average molecular weight is 392 g/mol. The van der Waals surface area contributed by atoms with Gasteiger partial charge in [-0.25, -0.2) is 0 Å². The molecule has 4 nitrogen and oxygen atoms in total. The molecule has 0 aliphatic heterocycles. The smallest absolute Gasteiger partial charge is 0.155 e. The summed E-state index contributed by atoms with van der Waals surface area (Å²) in [5.74, 6) is 0.533. The van der Waals surface area contributed by atoms with E-state index < -0.39 is 0 Å². The van der Waals surface area contributed by atoms with Crippen LogP contribution in [0.5, 0.6) is 5.75 Å². The van der Waals surface area contributed by atoms with E-state index in [9.17, 15) is 9.59 Å². The lowest BCUT2D eigenvalue weighted by Crippen LogP contribution is -2.13. The number of Topliss-reactive ketones (excluding diaryl/α,β-unsaturated/α-hetero) is 1. The van der Waals surface area contributed by atoms with Crippen molar-refractivity contribution < 1.29 is 14.3 Å². The summed E-state index contributed by atoms with van der Waals surface area (Å²) in [7, 11) is 1.61. The molecule has 152 valence electrons. The number of allylic oxidation sites excluding steroid dienone is 1. The predicted octanol–water partition coefficient (Wildman–Crippen LogP) is 5.29. The van der Waals surface area contributed by atoms with Crippen molar-refractivity contribution in [3.63, 3.8) is 0 Å². The van der Waals surface area contributed by atoms with Crippen molar-refractivity contribution in [2.45, 2.75) is 44.9 Å². The van der Waals surface area contributed by atoms with Gasteiger partial charge in [0.15, 0.2) is 5.78 Å². The van der Waals surface area contributed by atoms with Gasteiger partial charge in [0.25, 0.3) is 0 Å². The molecule has 2 aromatic carbocycles. The Balaban J connectivity index is 2.18. The summed E-state index contributed by atoms with van der Waals surface area (Å²) < 4.78 is 5.23. The second kappa shape index (κ2) is 11.1. The van der Waals surface area contributed by atoms with Gasteiger partial charge in [0.1, 0.15) is 11.5 Å². The minimum atomic E-state index is -0.122. The molecule has 0 radical (unpaired) electrons. The quantitative estimate of drug-likeness (QED) is 0.395. The molecular formula is C25H29NO3. The Bertz CT molecular complexity index is 868. The standard InChI is InChI=1S/C25H29NO3/c1-4-18-7-6-8-20(15-18)25(26)17-21(16-23(28)12-11-22(27)5-2)19-9-13-24(29-3)14-10-19/h5-10,13-15,21,26H,2,4,11-12,16-17H2,1,3H3. The summed E-state index contributed by atoms with van der Waals surface area (Å²) in [4.78, 5) is 24.0. The Hall–Kier alpha value is -3.01. The van der Waals surface area contributed by atoms with E-state index in [-0.39, 0.29) is 30.3 Å². The maximum atomic E-state index is 12.5. The minimum Gasteiger partial charge on any atom is -0.497 e. The zero-order valence-electron chi connectivity index (χ0n) is 17.2. The average Bonchev–Trinajstić information content (AvgIpc) is 2.76. The van der Waals surface area contributed by atoms with E-state index in [1.165, 1.54) is 11.6 Å². The van der Waals surface area contributed by atoms with Crippen molar-refractivity contribution in [1.82, 2.24) is 0 Å². The molecule has 0 bridgehead atoms. The molecule has 0 heterocycles. The van der Waals surface area contributed by atoms with Crippen LogP contribution < -0.4 is 4.74 Å². The summed E-state index contributed by atoms with van der Waals surface area (Å²) in [5, 5.41) is 8.60. The molecule has 2 rings (SSSR count). The van der Waals surface area contributed by atoms with Crippen LogP contribution >= 0.6 is 0 Å². The molecule has 0 aliphatic carbocycles. The highest BCUT2D eigenvalue weighted by molar-refractivity contribution is 5.99. The molecule has 0 amide bonds. The normalized spacial score (nSPS) is 11.5. The van der Waals surface area contributed by atoms with Gasteiger partial charge in [0, 0.05) is 25.0 Å². The molecule has 0 fully saturated rings. The second-order valence-corrected chi connectivity index (χ2v) is 7.12. The van der Waals surface area contributed by atoms with Gasteiger partial charge >= 0.3 is 0 Å². The van der Waals surface area contributed by atoms with Crippen LogP contribution in [0.25, 0.3) is 0 Å². The number of ketones is 2. The Kier molecular flexibility index (Phi) is 8.53. The number of methoxy groups -OCH3 is 1. The highest BCUT2D eigenvalue weighted by atomic mass is 16.5. The molecule has 0 saturated heterocycles. The van der Waals surface area contributed by atoms with Crippen molar-refractivity contribution >= 4 is 17.3 Å². The van der Waals surface area contributed by atoms with Crippen LogP contribution in [0.15, 0.2) is 61.2 Å². The number of carbonyl (C=O) groups excluding carboxylic acids is 2. The third kappa shape index (κ3) is 6.83.